The highest BCUT2D eigenvalue weighted by Gasteiger charge is 2.20. The molecule has 0 amide bonds. The largest absolute Gasteiger partial charge is 0.478 e. The van der Waals surface area contributed by atoms with E-state index in [-0.39, 0.29) is 24.0 Å². The number of rotatable bonds is 4. The van der Waals surface area contributed by atoms with Crippen molar-refractivity contribution < 1.29 is 19.4 Å². The van der Waals surface area contributed by atoms with Crippen LogP contribution in [0, 0.1) is 0 Å². The number of carboxylic acid groups (broad SMARTS) is 1. The molecule has 86 valence electrons. The maximum Gasteiger partial charge on any atom is 0.338 e. The number of nitrogens with two attached hydrogens (primary N) is 1. The van der Waals surface area contributed by atoms with Gasteiger partial charge in [0.1, 0.15) is 6.10 Å². The van der Waals surface area contributed by atoms with Crippen LogP contribution in [0.15, 0.2) is 18.2 Å². The van der Waals surface area contributed by atoms with Crippen LogP contribution in [0.3, 0.4) is 0 Å². The Balaban J connectivity index is 2.12. The van der Waals surface area contributed by atoms with Gasteiger partial charge in [0, 0.05) is 5.69 Å². The van der Waals surface area contributed by atoms with Gasteiger partial charge in [-0.25, -0.2) is 4.79 Å². The summed E-state index contributed by atoms with van der Waals surface area (Å²) in [5.74, 6) is -1.03. The van der Waals surface area contributed by atoms with Crippen LogP contribution in [0.1, 0.15) is 15.9 Å². The SMILES string of the molecule is Nc1cccc(COC2COC2)c1C(=O)O. The van der Waals surface area contributed by atoms with Gasteiger partial charge in [-0.1, -0.05) is 12.1 Å². The number of hydrogen-bond acceptors (Lipinski definition) is 4. The molecule has 0 unspecified atom stereocenters. The molecule has 1 heterocycles. The summed E-state index contributed by atoms with van der Waals surface area (Å²) in [5, 5.41) is 9.02. The van der Waals surface area contributed by atoms with Gasteiger partial charge in [0.2, 0.25) is 0 Å². The molecule has 1 aliphatic heterocycles. The van der Waals surface area contributed by atoms with Crippen LogP contribution in [0.2, 0.25) is 0 Å². The van der Waals surface area contributed by atoms with E-state index in [9.17, 15) is 4.79 Å². The molecule has 3 N–H and O–H groups in total. The summed E-state index contributed by atoms with van der Waals surface area (Å²) in [5.41, 5.74) is 6.60. The second-order valence-corrected chi connectivity index (χ2v) is 3.66. The Hall–Kier alpha value is -1.59. The summed E-state index contributed by atoms with van der Waals surface area (Å²) in [6.07, 6.45) is 0.0723. The molecule has 1 saturated heterocycles. The predicted octanol–water partition coefficient (Wildman–Crippen LogP) is 0.882. The molecule has 0 aliphatic carbocycles. The second-order valence-electron chi connectivity index (χ2n) is 3.66. The van der Waals surface area contributed by atoms with Gasteiger partial charge in [-0.05, 0) is 11.6 Å². The molecule has 0 saturated carbocycles. The second kappa shape index (κ2) is 4.51. The average molecular weight is 223 g/mol. The highest BCUT2D eigenvalue weighted by atomic mass is 16.6. The summed E-state index contributed by atoms with van der Waals surface area (Å²) < 4.78 is 10.4. The standard InChI is InChI=1S/C11H13NO4/c12-9-3-1-2-7(10(9)11(13)14)4-16-8-5-15-6-8/h1-3,8H,4-6,12H2,(H,13,14). The van der Waals surface area contributed by atoms with E-state index in [4.69, 9.17) is 20.3 Å². The number of benzene rings is 1. The monoisotopic (exact) mass is 223 g/mol. The molecule has 0 aromatic heterocycles. The zero-order valence-electron chi connectivity index (χ0n) is 8.68. The maximum atomic E-state index is 11.0. The first-order valence-corrected chi connectivity index (χ1v) is 4.98. The lowest BCUT2D eigenvalue weighted by atomic mass is 10.1. The molecule has 1 aromatic rings. The Labute approximate surface area is 92.8 Å². The first-order chi connectivity index (χ1) is 7.68. The van der Waals surface area contributed by atoms with Crippen molar-refractivity contribution in [1.29, 1.82) is 0 Å². The molecule has 1 aliphatic rings. The third-order valence-electron chi connectivity index (χ3n) is 2.48. The molecule has 0 bridgehead atoms. The van der Waals surface area contributed by atoms with Crippen LogP contribution in [0.5, 0.6) is 0 Å². The van der Waals surface area contributed by atoms with E-state index in [1.807, 2.05) is 0 Å². The number of carboxylic acids is 1. The van der Waals surface area contributed by atoms with Gasteiger partial charge in [-0.15, -0.1) is 0 Å². The Kier molecular flexibility index (Phi) is 3.07. The minimum Gasteiger partial charge on any atom is -0.478 e. The van der Waals surface area contributed by atoms with E-state index in [0.717, 1.165) is 0 Å². The van der Waals surface area contributed by atoms with Crippen LogP contribution < -0.4 is 5.73 Å². The third-order valence-corrected chi connectivity index (χ3v) is 2.48. The number of carbonyl (C=O) groups is 1. The molecule has 0 atom stereocenters. The van der Waals surface area contributed by atoms with Gasteiger partial charge in [0.25, 0.3) is 0 Å². The smallest absolute Gasteiger partial charge is 0.338 e. The van der Waals surface area contributed by atoms with E-state index < -0.39 is 5.97 Å². The van der Waals surface area contributed by atoms with E-state index in [2.05, 4.69) is 0 Å². The molecule has 0 spiro atoms. The van der Waals surface area contributed by atoms with Crippen molar-refractivity contribution in [3.05, 3.63) is 29.3 Å². The highest BCUT2D eigenvalue weighted by molar-refractivity contribution is 5.95. The molecular weight excluding hydrogens is 210 g/mol. The fourth-order valence-electron chi connectivity index (χ4n) is 1.52. The van der Waals surface area contributed by atoms with Crippen LogP contribution in [0.25, 0.3) is 0 Å². The normalized spacial score (nSPS) is 15.8. The summed E-state index contributed by atoms with van der Waals surface area (Å²) in [7, 11) is 0. The Morgan fingerprint density at radius 3 is 2.88 bits per heavy atom. The van der Waals surface area contributed by atoms with E-state index in [1.165, 1.54) is 0 Å². The number of hydrogen-bond donors (Lipinski definition) is 2. The fourth-order valence-corrected chi connectivity index (χ4v) is 1.52. The van der Waals surface area contributed by atoms with Crippen molar-refractivity contribution in [3.8, 4) is 0 Å². The van der Waals surface area contributed by atoms with Crippen molar-refractivity contribution >= 4 is 11.7 Å². The Morgan fingerprint density at radius 2 is 2.31 bits per heavy atom. The topological polar surface area (TPSA) is 81.8 Å². The minimum atomic E-state index is -1.03. The van der Waals surface area contributed by atoms with Gasteiger partial charge in [0.15, 0.2) is 0 Å². The lowest BCUT2D eigenvalue weighted by Crippen LogP contribution is -2.35. The molecule has 16 heavy (non-hydrogen) atoms. The molecule has 0 radical (unpaired) electrons. The van der Waals surface area contributed by atoms with Gasteiger partial charge < -0.3 is 20.3 Å². The van der Waals surface area contributed by atoms with Gasteiger partial charge in [0.05, 0.1) is 25.4 Å². The van der Waals surface area contributed by atoms with E-state index in [1.54, 1.807) is 18.2 Å². The van der Waals surface area contributed by atoms with Gasteiger partial charge in [-0.3, -0.25) is 0 Å². The molecule has 2 rings (SSSR count). The van der Waals surface area contributed by atoms with Crippen molar-refractivity contribution in [2.45, 2.75) is 12.7 Å². The number of nitrogen functional groups attached to an aromatic ring is 1. The lowest BCUT2D eigenvalue weighted by Gasteiger charge is -2.26. The third kappa shape index (κ3) is 2.15. The summed E-state index contributed by atoms with van der Waals surface area (Å²) >= 11 is 0. The van der Waals surface area contributed by atoms with Crippen LogP contribution in [-0.2, 0) is 16.1 Å². The lowest BCUT2D eigenvalue weighted by molar-refractivity contribution is -0.135. The summed E-state index contributed by atoms with van der Waals surface area (Å²) in [6, 6.07) is 5.00. The molecular formula is C11H13NO4. The summed E-state index contributed by atoms with van der Waals surface area (Å²) in [6.45, 7) is 1.40. The van der Waals surface area contributed by atoms with E-state index in [0.29, 0.717) is 18.8 Å². The first kappa shape index (κ1) is 10.9. The number of anilines is 1. The minimum absolute atomic E-state index is 0.0723. The Morgan fingerprint density at radius 1 is 1.56 bits per heavy atom. The fraction of sp³-hybridized carbons (Fsp3) is 0.364. The molecule has 1 aromatic carbocycles. The maximum absolute atomic E-state index is 11.0. The van der Waals surface area contributed by atoms with Crippen LogP contribution in [0.4, 0.5) is 5.69 Å². The van der Waals surface area contributed by atoms with Crippen molar-refractivity contribution in [1.82, 2.24) is 0 Å². The molecule has 5 heteroatoms. The zero-order chi connectivity index (χ0) is 11.5. The van der Waals surface area contributed by atoms with Crippen molar-refractivity contribution in [2.24, 2.45) is 0 Å². The molecule has 1 fully saturated rings. The van der Waals surface area contributed by atoms with Crippen LogP contribution >= 0.6 is 0 Å². The van der Waals surface area contributed by atoms with Gasteiger partial charge >= 0.3 is 5.97 Å². The highest BCUT2D eigenvalue weighted by Crippen LogP contribution is 2.19. The molecule has 5 nitrogen and oxygen atoms in total. The van der Waals surface area contributed by atoms with E-state index >= 15 is 0 Å². The quantitative estimate of drug-likeness (QED) is 0.740. The van der Waals surface area contributed by atoms with Crippen molar-refractivity contribution in [3.63, 3.8) is 0 Å². The summed E-state index contributed by atoms with van der Waals surface area (Å²) in [4.78, 5) is 11.0. The Bertz CT molecular complexity index is 401. The van der Waals surface area contributed by atoms with Crippen LogP contribution in [-0.4, -0.2) is 30.4 Å². The average Bonchev–Trinajstić information content (AvgIpc) is 2.14. The van der Waals surface area contributed by atoms with Gasteiger partial charge in [-0.2, -0.15) is 0 Å². The van der Waals surface area contributed by atoms with Crippen molar-refractivity contribution in [2.75, 3.05) is 18.9 Å². The zero-order valence-corrected chi connectivity index (χ0v) is 8.68. The first-order valence-electron chi connectivity index (χ1n) is 4.98. The number of ether oxygens (including phenoxy) is 2. The number of aromatic carboxylic acids is 1. The predicted molar refractivity (Wildman–Crippen MR) is 57.2 cm³/mol.